The van der Waals surface area contributed by atoms with Gasteiger partial charge in [0.25, 0.3) is 0 Å². The second kappa shape index (κ2) is 7.58. The number of nitrogens with one attached hydrogen (secondary N) is 1. The van der Waals surface area contributed by atoms with Gasteiger partial charge in [0.2, 0.25) is 11.2 Å². The molecule has 1 atom stereocenters. The van der Waals surface area contributed by atoms with E-state index in [1.807, 2.05) is 13.0 Å². The predicted octanol–water partition coefficient (Wildman–Crippen LogP) is 3.40. The second-order valence-corrected chi connectivity index (χ2v) is 8.71. The average molecular weight is 463 g/mol. The predicted molar refractivity (Wildman–Crippen MR) is 122 cm³/mol. The van der Waals surface area contributed by atoms with Gasteiger partial charge < -0.3 is 34.9 Å². The largest absolute Gasteiger partial charge is 0.508 e. The summed E-state index contributed by atoms with van der Waals surface area (Å²) in [6.07, 6.45) is 4.72. The molecule has 1 fully saturated rings. The first-order valence-corrected chi connectivity index (χ1v) is 10.6. The van der Waals surface area contributed by atoms with Crippen LogP contribution in [0, 0.1) is 5.41 Å². The molecule has 0 spiro atoms. The van der Waals surface area contributed by atoms with Crippen LogP contribution in [0.3, 0.4) is 0 Å². The van der Waals surface area contributed by atoms with Crippen LogP contribution >= 0.6 is 0 Å². The third-order valence-corrected chi connectivity index (χ3v) is 6.29. The highest BCUT2D eigenvalue weighted by atomic mass is 16.5. The lowest BCUT2D eigenvalue weighted by molar-refractivity contribution is -0.130. The zero-order valence-corrected chi connectivity index (χ0v) is 18.1. The summed E-state index contributed by atoms with van der Waals surface area (Å²) in [5.74, 6) is -3.22. The minimum absolute atomic E-state index is 0.131. The fourth-order valence-electron chi connectivity index (χ4n) is 4.44. The van der Waals surface area contributed by atoms with Crippen molar-refractivity contribution in [1.29, 1.82) is 0 Å². The monoisotopic (exact) mass is 463 g/mol. The van der Waals surface area contributed by atoms with E-state index in [0.29, 0.717) is 12.0 Å². The molecule has 0 amide bonds. The topological polar surface area (TPSA) is 149 Å². The lowest BCUT2D eigenvalue weighted by atomic mass is 9.77. The number of aromatic hydroxyl groups is 4. The molecular formula is C25H21NO8. The Labute approximate surface area is 192 Å². The Balaban J connectivity index is 1.64. The first-order valence-electron chi connectivity index (χ1n) is 10.6. The molecule has 1 unspecified atom stereocenters. The number of esters is 1. The van der Waals surface area contributed by atoms with Gasteiger partial charge in [-0.05, 0) is 37.1 Å². The van der Waals surface area contributed by atoms with Crippen LogP contribution in [0.5, 0.6) is 28.7 Å². The van der Waals surface area contributed by atoms with Crippen molar-refractivity contribution in [3.8, 4) is 40.1 Å². The van der Waals surface area contributed by atoms with Gasteiger partial charge in [-0.3, -0.25) is 4.79 Å². The van der Waals surface area contributed by atoms with Crippen molar-refractivity contribution in [2.45, 2.75) is 19.8 Å². The van der Waals surface area contributed by atoms with Crippen LogP contribution in [-0.2, 0) is 4.79 Å². The molecule has 3 aromatic rings. The molecule has 0 saturated carbocycles. The van der Waals surface area contributed by atoms with E-state index in [-0.39, 0.29) is 33.5 Å². The maximum atomic E-state index is 13.3. The van der Waals surface area contributed by atoms with Gasteiger partial charge in [-0.25, -0.2) is 4.79 Å². The number of hydrogen-bond acceptors (Lipinski definition) is 9. The van der Waals surface area contributed by atoms with Crippen LogP contribution in [0.2, 0.25) is 0 Å². The Morgan fingerprint density at radius 3 is 2.62 bits per heavy atom. The third kappa shape index (κ3) is 3.42. The fraction of sp³-hybridized carbons (Fsp3) is 0.200. The first kappa shape index (κ1) is 21.4. The Kier molecular flexibility index (Phi) is 4.78. The molecule has 2 heterocycles. The molecular weight excluding hydrogens is 442 g/mol. The fourth-order valence-corrected chi connectivity index (χ4v) is 4.44. The number of carbonyl (C=O) groups is 1. The van der Waals surface area contributed by atoms with Crippen molar-refractivity contribution in [2.75, 3.05) is 6.54 Å². The first-order chi connectivity index (χ1) is 16.2. The molecule has 2 aliphatic rings. The Bertz CT molecular complexity index is 1480. The minimum Gasteiger partial charge on any atom is -0.508 e. The maximum absolute atomic E-state index is 13.3. The van der Waals surface area contributed by atoms with Gasteiger partial charge in [-0.1, -0.05) is 13.0 Å². The number of benzene rings is 2. The Morgan fingerprint density at radius 1 is 1.06 bits per heavy atom. The molecule has 2 aromatic carbocycles. The minimum atomic E-state index is -0.837. The van der Waals surface area contributed by atoms with Crippen molar-refractivity contribution >= 4 is 16.9 Å². The molecule has 1 saturated heterocycles. The van der Waals surface area contributed by atoms with E-state index in [4.69, 9.17) is 9.15 Å². The van der Waals surface area contributed by atoms with Crippen molar-refractivity contribution in [3.63, 3.8) is 0 Å². The zero-order valence-electron chi connectivity index (χ0n) is 18.1. The zero-order chi connectivity index (χ0) is 24.2. The number of fused-ring (bicyclic) bond motifs is 2. The lowest BCUT2D eigenvalue weighted by Gasteiger charge is -2.28. The lowest BCUT2D eigenvalue weighted by Crippen LogP contribution is -2.26. The van der Waals surface area contributed by atoms with Crippen molar-refractivity contribution in [3.05, 3.63) is 64.0 Å². The Hall–Kier alpha value is -4.40. The molecule has 34 heavy (non-hydrogen) atoms. The number of carbonyl (C=O) groups excluding carboxylic acids is 1. The molecule has 0 bridgehead atoms. The number of hydrogen-bond donors (Lipinski definition) is 5. The second-order valence-electron chi connectivity index (χ2n) is 8.71. The van der Waals surface area contributed by atoms with Gasteiger partial charge in [0.15, 0.2) is 17.3 Å². The smallest absolute Gasteiger partial charge is 0.339 e. The highest BCUT2D eigenvalue weighted by Crippen LogP contribution is 2.43. The Morgan fingerprint density at radius 2 is 1.85 bits per heavy atom. The molecule has 9 nitrogen and oxygen atoms in total. The molecule has 0 radical (unpaired) electrons. The molecule has 174 valence electrons. The number of rotatable bonds is 3. The van der Waals surface area contributed by atoms with Gasteiger partial charge in [0, 0.05) is 40.9 Å². The summed E-state index contributed by atoms with van der Waals surface area (Å²) < 4.78 is 11.3. The SMILES string of the molecule is CC12CCNC1=CC=C(C(=O)Oc1c(-c3ccc(O)c(O)c3)oc3cc(O)cc(O)c3c1=O)C2. The summed E-state index contributed by atoms with van der Waals surface area (Å²) in [6, 6.07) is 5.79. The summed E-state index contributed by atoms with van der Waals surface area (Å²) in [6.45, 7) is 2.84. The van der Waals surface area contributed by atoms with E-state index in [1.54, 1.807) is 6.08 Å². The maximum Gasteiger partial charge on any atom is 0.339 e. The quantitative estimate of drug-likeness (QED) is 0.291. The van der Waals surface area contributed by atoms with E-state index < -0.39 is 34.4 Å². The van der Waals surface area contributed by atoms with E-state index in [1.165, 1.54) is 12.1 Å². The van der Waals surface area contributed by atoms with E-state index >= 15 is 0 Å². The summed E-state index contributed by atoms with van der Waals surface area (Å²) >= 11 is 0. The van der Waals surface area contributed by atoms with Crippen LogP contribution in [0.4, 0.5) is 0 Å². The highest BCUT2D eigenvalue weighted by Gasteiger charge is 2.38. The number of allylic oxidation sites excluding steroid dienone is 3. The normalized spacial score (nSPS) is 19.2. The summed E-state index contributed by atoms with van der Waals surface area (Å²) in [7, 11) is 0. The van der Waals surface area contributed by atoms with Gasteiger partial charge in [0.05, 0.1) is 0 Å². The molecule has 9 heteroatoms. The van der Waals surface area contributed by atoms with Crippen molar-refractivity contribution in [2.24, 2.45) is 5.41 Å². The third-order valence-electron chi connectivity index (χ3n) is 6.29. The summed E-state index contributed by atoms with van der Waals surface area (Å²) in [4.78, 5) is 26.5. The number of phenolic OH excluding ortho intramolecular Hbond substituents is 4. The van der Waals surface area contributed by atoms with Gasteiger partial charge in [-0.15, -0.1) is 0 Å². The van der Waals surface area contributed by atoms with E-state index in [9.17, 15) is 30.0 Å². The van der Waals surface area contributed by atoms with Crippen LogP contribution in [0.15, 0.2) is 63.0 Å². The number of phenols is 4. The average Bonchev–Trinajstić information content (AvgIpc) is 3.17. The van der Waals surface area contributed by atoms with Crippen molar-refractivity contribution < 1.29 is 34.4 Å². The van der Waals surface area contributed by atoms with Crippen LogP contribution in [-0.4, -0.2) is 32.9 Å². The molecule has 1 aromatic heterocycles. The molecule has 5 N–H and O–H groups in total. The van der Waals surface area contributed by atoms with E-state index in [0.717, 1.165) is 36.9 Å². The molecule has 1 aliphatic heterocycles. The van der Waals surface area contributed by atoms with Gasteiger partial charge in [-0.2, -0.15) is 0 Å². The van der Waals surface area contributed by atoms with Crippen LogP contribution in [0.1, 0.15) is 19.8 Å². The van der Waals surface area contributed by atoms with Crippen molar-refractivity contribution in [1.82, 2.24) is 5.32 Å². The number of ether oxygens (including phenoxy) is 1. The van der Waals surface area contributed by atoms with E-state index in [2.05, 4.69) is 5.32 Å². The molecule has 1 aliphatic carbocycles. The van der Waals surface area contributed by atoms with Gasteiger partial charge in [0.1, 0.15) is 22.5 Å². The van der Waals surface area contributed by atoms with Crippen LogP contribution in [0.25, 0.3) is 22.3 Å². The molecule has 5 rings (SSSR count). The van der Waals surface area contributed by atoms with Gasteiger partial charge >= 0.3 is 5.97 Å². The summed E-state index contributed by atoms with van der Waals surface area (Å²) in [5, 5.41) is 42.7. The highest BCUT2D eigenvalue weighted by molar-refractivity contribution is 5.94. The standard InChI is InChI=1S/C25H21NO8/c1-25-6-7-26-19(25)5-3-13(11-25)24(32)34-23-21(31)20-17(30)9-14(27)10-18(20)33-22(23)12-2-4-15(28)16(29)8-12/h2-5,8-10,26-30H,6-7,11H2,1H3. The van der Waals surface area contributed by atoms with Crippen LogP contribution < -0.4 is 15.5 Å². The summed E-state index contributed by atoms with van der Waals surface area (Å²) in [5.41, 5.74) is 0.308.